The molecule has 2 N–H and O–H groups in total. The van der Waals surface area contributed by atoms with E-state index in [-0.39, 0.29) is 11.1 Å². The minimum Gasteiger partial charge on any atom is -0.366 e. The van der Waals surface area contributed by atoms with Gasteiger partial charge in [0.05, 0.1) is 11.8 Å². The predicted molar refractivity (Wildman–Crippen MR) is 90.8 cm³/mol. The molecular formula is C17H9F7N6O. The number of primary amides is 1. The van der Waals surface area contributed by atoms with Crippen LogP contribution in [0.2, 0.25) is 0 Å². The Balaban J connectivity index is 2.07. The summed E-state index contributed by atoms with van der Waals surface area (Å²) in [6.07, 6.45) is -6.44. The van der Waals surface area contributed by atoms with Crippen molar-refractivity contribution in [3.8, 4) is 11.4 Å². The van der Waals surface area contributed by atoms with Gasteiger partial charge in [0.1, 0.15) is 23.5 Å². The van der Waals surface area contributed by atoms with Crippen LogP contribution in [-0.4, -0.2) is 30.6 Å². The highest BCUT2D eigenvalue weighted by Crippen LogP contribution is 2.35. The van der Waals surface area contributed by atoms with Gasteiger partial charge in [0.15, 0.2) is 5.82 Å². The lowest BCUT2D eigenvalue weighted by molar-refractivity contribution is -0.150. The van der Waals surface area contributed by atoms with Crippen LogP contribution in [0.4, 0.5) is 30.7 Å². The van der Waals surface area contributed by atoms with Crippen molar-refractivity contribution in [1.29, 1.82) is 0 Å². The zero-order valence-corrected chi connectivity index (χ0v) is 14.9. The van der Waals surface area contributed by atoms with Crippen LogP contribution < -0.4 is 5.73 Å². The fourth-order valence-electron chi connectivity index (χ4n) is 2.39. The molecule has 7 nitrogen and oxygen atoms in total. The molecular weight excluding hydrogens is 437 g/mol. The van der Waals surface area contributed by atoms with E-state index in [1.165, 1.54) is 0 Å². The smallest absolute Gasteiger partial charge is 0.366 e. The van der Waals surface area contributed by atoms with Crippen molar-refractivity contribution in [2.75, 3.05) is 0 Å². The lowest BCUT2D eigenvalue weighted by Gasteiger charge is -2.11. The van der Waals surface area contributed by atoms with Gasteiger partial charge in [0, 0.05) is 23.5 Å². The van der Waals surface area contributed by atoms with Crippen LogP contribution in [-0.2, 0) is 17.1 Å². The van der Waals surface area contributed by atoms with Crippen LogP contribution in [0.1, 0.15) is 17.0 Å². The summed E-state index contributed by atoms with van der Waals surface area (Å²) >= 11 is 0. The molecule has 0 aliphatic heterocycles. The molecule has 3 aromatic rings. The molecule has 1 amide bonds. The van der Waals surface area contributed by atoms with Gasteiger partial charge in [-0.1, -0.05) is 0 Å². The van der Waals surface area contributed by atoms with Crippen molar-refractivity contribution in [2.24, 2.45) is 5.73 Å². The lowest BCUT2D eigenvalue weighted by Crippen LogP contribution is -2.15. The van der Waals surface area contributed by atoms with Gasteiger partial charge in [-0.05, 0) is 18.2 Å². The summed E-state index contributed by atoms with van der Waals surface area (Å²) in [4.78, 5) is 21.5. The number of carbonyl (C=O) groups excluding carboxylic acids is 1. The Kier molecular flexibility index (Phi) is 5.48. The second kappa shape index (κ2) is 7.77. The van der Waals surface area contributed by atoms with Crippen molar-refractivity contribution in [3.05, 3.63) is 59.7 Å². The van der Waals surface area contributed by atoms with E-state index >= 15 is 0 Å². The van der Waals surface area contributed by atoms with E-state index in [0.29, 0.717) is 12.1 Å². The van der Waals surface area contributed by atoms with E-state index in [1.54, 1.807) is 0 Å². The molecule has 0 bridgehead atoms. The molecule has 3 heterocycles. The van der Waals surface area contributed by atoms with Crippen LogP contribution in [0.5, 0.6) is 0 Å². The number of nitrogens with two attached hydrogens (primary N) is 1. The quantitative estimate of drug-likeness (QED) is 0.489. The van der Waals surface area contributed by atoms with Crippen LogP contribution in [0.15, 0.2) is 36.9 Å². The first-order chi connectivity index (χ1) is 14.3. The van der Waals surface area contributed by atoms with Gasteiger partial charge in [0.2, 0.25) is 0 Å². The number of alkyl halides is 6. The summed E-state index contributed by atoms with van der Waals surface area (Å²) in [5.41, 5.74) is 0.736. The van der Waals surface area contributed by atoms with Crippen molar-refractivity contribution < 1.29 is 35.5 Å². The number of pyridine rings is 2. The van der Waals surface area contributed by atoms with Crippen LogP contribution in [0, 0.1) is 5.82 Å². The molecule has 31 heavy (non-hydrogen) atoms. The van der Waals surface area contributed by atoms with Gasteiger partial charge >= 0.3 is 12.4 Å². The standard InChI is InChI=1S/C17H9F7N6O/c18-10-1-9(4-26-5-10)11(14(25)31)6-30-7-27-15(29-30)8-2-12(16(19,20)21)28-13(3-8)17(22,23)24/h1-7H,(H2,25,31)/b11-6+. The van der Waals surface area contributed by atoms with E-state index in [2.05, 4.69) is 20.1 Å². The highest BCUT2D eigenvalue weighted by atomic mass is 19.4. The second-order valence-electron chi connectivity index (χ2n) is 5.97. The molecule has 0 aliphatic carbocycles. The van der Waals surface area contributed by atoms with Gasteiger partial charge < -0.3 is 5.73 Å². The molecule has 0 unspecified atom stereocenters. The number of hydrogen-bond acceptors (Lipinski definition) is 5. The Labute approximate surface area is 168 Å². The van der Waals surface area contributed by atoms with Gasteiger partial charge in [-0.15, -0.1) is 5.10 Å². The maximum Gasteiger partial charge on any atom is 0.433 e. The number of nitrogens with zero attached hydrogens (tertiary/aromatic N) is 5. The highest BCUT2D eigenvalue weighted by Gasteiger charge is 2.39. The third-order valence-electron chi connectivity index (χ3n) is 3.72. The normalized spacial score (nSPS) is 12.8. The van der Waals surface area contributed by atoms with E-state index in [0.717, 1.165) is 35.7 Å². The average molecular weight is 446 g/mol. The Hall–Kier alpha value is -3.84. The number of rotatable bonds is 4. The monoisotopic (exact) mass is 446 g/mol. The molecule has 162 valence electrons. The first-order valence-corrected chi connectivity index (χ1v) is 8.05. The second-order valence-corrected chi connectivity index (χ2v) is 5.97. The zero-order chi connectivity index (χ0) is 23.0. The van der Waals surface area contributed by atoms with Gasteiger partial charge in [-0.2, -0.15) is 26.3 Å². The molecule has 0 atom stereocenters. The summed E-state index contributed by atoms with van der Waals surface area (Å²) in [5.74, 6) is -2.32. The minimum absolute atomic E-state index is 0.0350. The number of halogens is 7. The van der Waals surface area contributed by atoms with Crippen LogP contribution in [0.25, 0.3) is 23.2 Å². The summed E-state index contributed by atoms with van der Waals surface area (Å²) in [6.45, 7) is 0. The Bertz CT molecular complexity index is 1130. The van der Waals surface area contributed by atoms with Gasteiger partial charge in [0.25, 0.3) is 5.91 Å². The molecule has 0 radical (unpaired) electrons. The van der Waals surface area contributed by atoms with Crippen molar-refractivity contribution in [2.45, 2.75) is 12.4 Å². The predicted octanol–water partition coefficient (Wildman–Crippen LogP) is 3.40. The van der Waals surface area contributed by atoms with Gasteiger partial charge in [-0.3, -0.25) is 9.78 Å². The third-order valence-corrected chi connectivity index (χ3v) is 3.72. The summed E-state index contributed by atoms with van der Waals surface area (Å²) in [5, 5.41) is 3.74. The van der Waals surface area contributed by atoms with E-state index < -0.39 is 46.9 Å². The molecule has 3 rings (SSSR count). The Morgan fingerprint density at radius 2 is 1.61 bits per heavy atom. The highest BCUT2D eigenvalue weighted by molar-refractivity contribution is 6.22. The SMILES string of the molecule is NC(=O)/C(=C/n1cnc(-c2cc(C(F)(F)F)nc(C(F)(F)F)c2)n1)c1cncc(F)c1. The zero-order valence-electron chi connectivity index (χ0n) is 14.9. The van der Waals surface area contributed by atoms with Crippen LogP contribution in [0.3, 0.4) is 0 Å². The van der Waals surface area contributed by atoms with Crippen molar-refractivity contribution >= 4 is 17.7 Å². The lowest BCUT2D eigenvalue weighted by atomic mass is 10.1. The van der Waals surface area contributed by atoms with Crippen LogP contribution >= 0.6 is 0 Å². The number of carbonyl (C=O) groups is 1. The molecule has 0 saturated heterocycles. The maximum atomic E-state index is 13.4. The molecule has 14 heteroatoms. The fraction of sp³-hybridized carbons (Fsp3) is 0.118. The Morgan fingerprint density at radius 3 is 2.13 bits per heavy atom. The first-order valence-electron chi connectivity index (χ1n) is 8.05. The number of hydrogen-bond donors (Lipinski definition) is 1. The third kappa shape index (κ3) is 5.02. The molecule has 3 aromatic heterocycles. The molecule has 0 aromatic carbocycles. The van der Waals surface area contributed by atoms with E-state index in [4.69, 9.17) is 5.73 Å². The molecule has 0 spiro atoms. The van der Waals surface area contributed by atoms with E-state index in [1.807, 2.05) is 0 Å². The van der Waals surface area contributed by atoms with Gasteiger partial charge in [-0.25, -0.2) is 19.0 Å². The minimum atomic E-state index is -5.15. The summed E-state index contributed by atoms with van der Waals surface area (Å²) in [6, 6.07) is 1.64. The fourth-order valence-corrected chi connectivity index (χ4v) is 2.39. The molecule has 0 fully saturated rings. The first kappa shape index (κ1) is 21.9. The molecule has 0 aliphatic rings. The summed E-state index contributed by atoms with van der Waals surface area (Å²) in [7, 11) is 0. The van der Waals surface area contributed by atoms with Crippen molar-refractivity contribution in [1.82, 2.24) is 24.7 Å². The summed E-state index contributed by atoms with van der Waals surface area (Å²) < 4.78 is 92.0. The van der Waals surface area contributed by atoms with E-state index in [9.17, 15) is 35.5 Å². The topological polar surface area (TPSA) is 99.6 Å². The number of amides is 1. The Morgan fingerprint density at radius 1 is 1.00 bits per heavy atom. The van der Waals surface area contributed by atoms with Crippen molar-refractivity contribution in [3.63, 3.8) is 0 Å². The molecule has 0 saturated carbocycles. The average Bonchev–Trinajstić information content (AvgIpc) is 3.13. The largest absolute Gasteiger partial charge is 0.433 e. The maximum absolute atomic E-state index is 13.4. The number of aromatic nitrogens is 5.